The largest absolute Gasteiger partial charge is 0.493 e. The van der Waals surface area contributed by atoms with Gasteiger partial charge in [-0.05, 0) is 42.5 Å². The Bertz CT molecular complexity index is 1160. The predicted octanol–water partition coefficient (Wildman–Crippen LogP) is 4.12. The van der Waals surface area contributed by atoms with Crippen molar-refractivity contribution in [3.63, 3.8) is 0 Å². The Hall–Kier alpha value is -3.10. The van der Waals surface area contributed by atoms with Gasteiger partial charge < -0.3 is 14.5 Å². The Morgan fingerprint density at radius 1 is 1.13 bits per heavy atom. The topological polar surface area (TPSA) is 88.9 Å². The molecule has 0 aliphatic carbocycles. The molecule has 1 N–H and O–H groups in total. The summed E-state index contributed by atoms with van der Waals surface area (Å²) in [6.07, 6.45) is 2.92. The first-order valence-electron chi connectivity index (χ1n) is 9.54. The summed E-state index contributed by atoms with van der Waals surface area (Å²) in [6, 6.07) is 13.5. The number of rotatable bonds is 8. The zero-order chi connectivity index (χ0) is 21.7. The van der Waals surface area contributed by atoms with Gasteiger partial charge in [-0.3, -0.25) is 4.79 Å². The minimum Gasteiger partial charge on any atom is -0.493 e. The monoisotopic (exact) mass is 428 g/mol. The Balaban J connectivity index is 1.69. The quantitative estimate of drug-likeness (QED) is 0.545. The van der Waals surface area contributed by atoms with Crippen LogP contribution < -0.4 is 10.1 Å². The van der Waals surface area contributed by atoms with Gasteiger partial charge in [0.2, 0.25) is 15.9 Å². The van der Waals surface area contributed by atoms with Gasteiger partial charge >= 0.3 is 0 Å². The van der Waals surface area contributed by atoms with E-state index in [0.29, 0.717) is 35.9 Å². The second-order valence-corrected chi connectivity index (χ2v) is 8.40. The molecular formula is C22H24N2O5S. The molecule has 0 spiro atoms. The molecule has 7 nitrogen and oxygen atoms in total. The molecule has 0 saturated heterocycles. The maximum atomic E-state index is 12.5. The van der Waals surface area contributed by atoms with Crippen LogP contribution in [0.2, 0.25) is 0 Å². The van der Waals surface area contributed by atoms with E-state index in [-0.39, 0.29) is 10.8 Å². The van der Waals surface area contributed by atoms with E-state index in [9.17, 15) is 13.2 Å². The van der Waals surface area contributed by atoms with Gasteiger partial charge in [-0.15, -0.1) is 0 Å². The number of nitrogens with one attached hydrogen (secondary N) is 1. The SMILES string of the molecule is CCN(CC)S(=O)(=O)c1ccc(NC(=O)/C=C/c2cc3cccc(OC)c3o2)cc1. The highest BCUT2D eigenvalue weighted by Crippen LogP contribution is 2.29. The van der Waals surface area contributed by atoms with Crippen molar-refractivity contribution in [3.05, 3.63) is 60.4 Å². The first-order chi connectivity index (χ1) is 14.4. The highest BCUT2D eigenvalue weighted by atomic mass is 32.2. The molecule has 0 aliphatic rings. The first kappa shape index (κ1) is 21.6. The van der Waals surface area contributed by atoms with E-state index in [1.165, 1.54) is 22.5 Å². The lowest BCUT2D eigenvalue weighted by Gasteiger charge is -2.18. The lowest BCUT2D eigenvalue weighted by Crippen LogP contribution is -2.30. The van der Waals surface area contributed by atoms with Gasteiger partial charge in [-0.2, -0.15) is 4.31 Å². The van der Waals surface area contributed by atoms with Crippen molar-refractivity contribution >= 4 is 38.7 Å². The van der Waals surface area contributed by atoms with Crippen molar-refractivity contribution in [2.75, 3.05) is 25.5 Å². The van der Waals surface area contributed by atoms with Gasteiger partial charge in [-0.25, -0.2) is 8.42 Å². The minimum absolute atomic E-state index is 0.191. The van der Waals surface area contributed by atoms with Crippen LogP contribution in [-0.4, -0.2) is 38.8 Å². The number of nitrogens with zero attached hydrogens (tertiary/aromatic N) is 1. The number of amides is 1. The second-order valence-electron chi connectivity index (χ2n) is 6.46. The van der Waals surface area contributed by atoms with E-state index in [0.717, 1.165) is 5.39 Å². The van der Waals surface area contributed by atoms with Gasteiger partial charge in [0.1, 0.15) is 5.76 Å². The summed E-state index contributed by atoms with van der Waals surface area (Å²) in [6.45, 7) is 4.38. The Morgan fingerprint density at radius 3 is 2.47 bits per heavy atom. The molecule has 0 bridgehead atoms. The van der Waals surface area contributed by atoms with E-state index in [2.05, 4.69) is 5.32 Å². The summed E-state index contributed by atoms with van der Waals surface area (Å²) < 4.78 is 37.4. The van der Waals surface area contributed by atoms with E-state index < -0.39 is 10.0 Å². The highest BCUT2D eigenvalue weighted by molar-refractivity contribution is 7.89. The molecule has 3 rings (SSSR count). The normalized spacial score (nSPS) is 12.0. The molecule has 0 saturated carbocycles. The second kappa shape index (κ2) is 9.15. The van der Waals surface area contributed by atoms with Crippen molar-refractivity contribution in [1.29, 1.82) is 0 Å². The van der Waals surface area contributed by atoms with Gasteiger partial charge in [0, 0.05) is 30.2 Å². The number of carbonyl (C=O) groups excluding carboxylic acids is 1. The summed E-state index contributed by atoms with van der Waals surface area (Å²) in [5.74, 6) is 0.781. The summed E-state index contributed by atoms with van der Waals surface area (Å²) in [4.78, 5) is 12.4. The fraction of sp³-hybridized carbons (Fsp3) is 0.227. The molecule has 1 heterocycles. The maximum absolute atomic E-state index is 12.5. The third-order valence-electron chi connectivity index (χ3n) is 4.61. The average Bonchev–Trinajstić information content (AvgIpc) is 3.16. The number of para-hydroxylation sites is 1. The molecule has 0 unspecified atom stereocenters. The molecule has 1 aromatic heterocycles. The van der Waals surface area contributed by atoms with Gasteiger partial charge in [0.05, 0.1) is 12.0 Å². The van der Waals surface area contributed by atoms with Crippen LogP contribution in [0.1, 0.15) is 19.6 Å². The van der Waals surface area contributed by atoms with Crippen LogP contribution in [0.3, 0.4) is 0 Å². The number of ether oxygens (including phenoxy) is 1. The fourth-order valence-electron chi connectivity index (χ4n) is 3.06. The summed E-state index contributed by atoms with van der Waals surface area (Å²) >= 11 is 0. The van der Waals surface area contributed by atoms with E-state index in [1.54, 1.807) is 45.2 Å². The summed E-state index contributed by atoms with van der Waals surface area (Å²) in [7, 11) is -1.96. The van der Waals surface area contributed by atoms with Crippen LogP contribution in [0.4, 0.5) is 5.69 Å². The van der Waals surface area contributed by atoms with E-state index >= 15 is 0 Å². The third kappa shape index (κ3) is 4.55. The fourth-order valence-corrected chi connectivity index (χ4v) is 4.52. The maximum Gasteiger partial charge on any atom is 0.248 e. The molecule has 30 heavy (non-hydrogen) atoms. The van der Waals surface area contributed by atoms with Crippen molar-refractivity contribution in [2.45, 2.75) is 18.7 Å². The van der Waals surface area contributed by atoms with E-state index in [4.69, 9.17) is 9.15 Å². The number of hydrogen-bond donors (Lipinski definition) is 1. The van der Waals surface area contributed by atoms with Crippen molar-refractivity contribution < 1.29 is 22.4 Å². The van der Waals surface area contributed by atoms with Gasteiger partial charge in [0.25, 0.3) is 0 Å². The van der Waals surface area contributed by atoms with Crippen LogP contribution in [-0.2, 0) is 14.8 Å². The summed E-state index contributed by atoms with van der Waals surface area (Å²) in [5.41, 5.74) is 1.11. The van der Waals surface area contributed by atoms with Crippen molar-refractivity contribution in [1.82, 2.24) is 4.31 Å². The zero-order valence-corrected chi connectivity index (χ0v) is 17.9. The number of sulfonamides is 1. The van der Waals surface area contributed by atoms with Crippen LogP contribution >= 0.6 is 0 Å². The number of benzene rings is 2. The number of hydrogen-bond acceptors (Lipinski definition) is 5. The number of furan rings is 1. The van der Waals surface area contributed by atoms with Crippen LogP contribution in [0, 0.1) is 0 Å². The Morgan fingerprint density at radius 2 is 1.83 bits per heavy atom. The molecule has 2 aromatic carbocycles. The van der Waals surface area contributed by atoms with Crippen molar-refractivity contribution in [2.24, 2.45) is 0 Å². The molecule has 0 radical (unpaired) electrons. The van der Waals surface area contributed by atoms with Crippen molar-refractivity contribution in [3.8, 4) is 5.75 Å². The number of anilines is 1. The summed E-state index contributed by atoms with van der Waals surface area (Å²) in [5, 5.41) is 3.58. The molecule has 0 atom stereocenters. The predicted molar refractivity (Wildman–Crippen MR) is 117 cm³/mol. The Labute approximate surface area is 176 Å². The lowest BCUT2D eigenvalue weighted by atomic mass is 10.2. The van der Waals surface area contributed by atoms with Crippen LogP contribution in [0.25, 0.3) is 17.0 Å². The molecule has 3 aromatic rings. The minimum atomic E-state index is -3.53. The highest BCUT2D eigenvalue weighted by Gasteiger charge is 2.21. The smallest absolute Gasteiger partial charge is 0.248 e. The molecule has 0 aliphatic heterocycles. The molecule has 1 amide bonds. The number of methoxy groups -OCH3 is 1. The molecule has 0 fully saturated rings. The standard InChI is InChI=1S/C22H24N2O5S/c1-4-24(5-2)30(26,27)19-12-9-17(10-13-19)23-21(25)14-11-18-15-16-7-6-8-20(28-3)22(16)29-18/h6-15H,4-5H2,1-3H3,(H,23,25)/b14-11+. The van der Waals surface area contributed by atoms with Gasteiger partial charge in [0.15, 0.2) is 11.3 Å². The number of carbonyl (C=O) groups is 1. The zero-order valence-electron chi connectivity index (χ0n) is 17.1. The third-order valence-corrected chi connectivity index (χ3v) is 6.68. The number of fused-ring (bicyclic) bond motifs is 1. The van der Waals surface area contributed by atoms with Crippen LogP contribution in [0.5, 0.6) is 5.75 Å². The van der Waals surface area contributed by atoms with Gasteiger partial charge in [-0.1, -0.05) is 26.0 Å². The Kier molecular flexibility index (Phi) is 6.59. The molecule has 8 heteroatoms. The molecular weight excluding hydrogens is 404 g/mol. The lowest BCUT2D eigenvalue weighted by molar-refractivity contribution is -0.111. The van der Waals surface area contributed by atoms with Crippen LogP contribution in [0.15, 0.2) is 63.9 Å². The van der Waals surface area contributed by atoms with E-state index in [1.807, 2.05) is 18.2 Å². The molecule has 158 valence electrons. The first-order valence-corrected chi connectivity index (χ1v) is 11.0. The average molecular weight is 429 g/mol.